The second-order valence-electron chi connectivity index (χ2n) is 3.10. The molecule has 0 spiro atoms. The van der Waals surface area contributed by atoms with Gasteiger partial charge >= 0.3 is 0 Å². The summed E-state index contributed by atoms with van der Waals surface area (Å²) in [5.74, 6) is 0. The van der Waals surface area contributed by atoms with Crippen LogP contribution < -0.4 is 5.32 Å². The van der Waals surface area contributed by atoms with Gasteiger partial charge in [-0.25, -0.2) is 4.98 Å². The molecule has 0 aliphatic carbocycles. The van der Waals surface area contributed by atoms with Gasteiger partial charge in [-0.1, -0.05) is 0 Å². The average Bonchev–Trinajstić information content (AvgIpc) is 2.19. The molecular weight excluding hydrogens is 178 g/mol. The molecule has 0 radical (unpaired) electrons. The van der Waals surface area contributed by atoms with E-state index in [1.54, 1.807) is 18.3 Å². The molecule has 0 aromatic carbocycles. The van der Waals surface area contributed by atoms with E-state index in [9.17, 15) is 0 Å². The number of pyridine rings is 1. The van der Waals surface area contributed by atoms with Crippen LogP contribution in [-0.4, -0.2) is 22.7 Å². The van der Waals surface area contributed by atoms with Crippen LogP contribution in [-0.2, 0) is 0 Å². The van der Waals surface area contributed by atoms with Crippen LogP contribution in [0.5, 0.6) is 0 Å². The molecule has 1 rings (SSSR count). The fraction of sp³-hybridized carbons (Fsp3) is 0.400. The molecule has 0 amide bonds. The van der Waals surface area contributed by atoms with Gasteiger partial charge in [0, 0.05) is 12.6 Å². The number of nitriles is 1. The molecule has 4 heteroatoms. The van der Waals surface area contributed by atoms with Crippen LogP contribution in [0.15, 0.2) is 18.3 Å². The van der Waals surface area contributed by atoms with Crippen molar-refractivity contribution in [3.8, 4) is 6.07 Å². The Hall–Kier alpha value is -1.60. The molecule has 0 aliphatic heterocycles. The van der Waals surface area contributed by atoms with Gasteiger partial charge in [0.25, 0.3) is 0 Å². The summed E-state index contributed by atoms with van der Waals surface area (Å²) < 4.78 is 0. The SMILES string of the molecule is C[C@H](CCO)Nc1ccc(C#N)nc1. The van der Waals surface area contributed by atoms with Gasteiger partial charge in [-0.15, -0.1) is 0 Å². The topological polar surface area (TPSA) is 68.9 Å². The van der Waals surface area contributed by atoms with E-state index in [1.807, 2.05) is 13.0 Å². The number of hydrogen-bond acceptors (Lipinski definition) is 4. The highest BCUT2D eigenvalue weighted by Gasteiger charge is 2.00. The number of aliphatic hydroxyl groups is 1. The molecular formula is C10H13N3O. The van der Waals surface area contributed by atoms with Crippen LogP contribution in [0.3, 0.4) is 0 Å². The third-order valence-electron chi connectivity index (χ3n) is 1.85. The van der Waals surface area contributed by atoms with Crippen molar-refractivity contribution >= 4 is 5.69 Å². The molecule has 0 saturated heterocycles. The second kappa shape index (κ2) is 5.20. The Morgan fingerprint density at radius 2 is 2.43 bits per heavy atom. The summed E-state index contributed by atoms with van der Waals surface area (Å²) in [6, 6.07) is 5.62. The van der Waals surface area contributed by atoms with Crippen LogP contribution >= 0.6 is 0 Å². The Bertz CT molecular complexity index is 315. The summed E-state index contributed by atoms with van der Waals surface area (Å²) in [6.45, 7) is 2.15. The molecule has 1 atom stereocenters. The van der Waals surface area contributed by atoms with Gasteiger partial charge < -0.3 is 10.4 Å². The zero-order valence-corrected chi connectivity index (χ0v) is 8.07. The molecule has 0 bridgehead atoms. The molecule has 0 saturated carbocycles. The van der Waals surface area contributed by atoms with E-state index < -0.39 is 0 Å². The predicted octanol–water partition coefficient (Wildman–Crippen LogP) is 1.14. The zero-order chi connectivity index (χ0) is 10.4. The molecule has 14 heavy (non-hydrogen) atoms. The van der Waals surface area contributed by atoms with Gasteiger partial charge in [-0.2, -0.15) is 5.26 Å². The normalized spacial score (nSPS) is 11.8. The lowest BCUT2D eigenvalue weighted by Gasteiger charge is -2.12. The van der Waals surface area contributed by atoms with Gasteiger partial charge in [-0.05, 0) is 25.5 Å². The minimum Gasteiger partial charge on any atom is -0.396 e. The molecule has 0 aliphatic rings. The predicted molar refractivity (Wildman–Crippen MR) is 53.7 cm³/mol. The monoisotopic (exact) mass is 191 g/mol. The van der Waals surface area contributed by atoms with Crippen LogP contribution in [0.1, 0.15) is 19.0 Å². The second-order valence-corrected chi connectivity index (χ2v) is 3.10. The lowest BCUT2D eigenvalue weighted by atomic mass is 10.2. The Labute approximate surface area is 83.2 Å². The summed E-state index contributed by atoms with van der Waals surface area (Å²) in [5, 5.41) is 20.4. The molecule has 4 nitrogen and oxygen atoms in total. The smallest absolute Gasteiger partial charge is 0.140 e. The van der Waals surface area contributed by atoms with E-state index in [0.717, 1.165) is 5.69 Å². The molecule has 1 heterocycles. The van der Waals surface area contributed by atoms with Gasteiger partial charge in [0.05, 0.1) is 11.9 Å². The minimum atomic E-state index is 0.165. The van der Waals surface area contributed by atoms with Crippen molar-refractivity contribution in [3.63, 3.8) is 0 Å². The van der Waals surface area contributed by atoms with Crippen LogP contribution in [0.4, 0.5) is 5.69 Å². The summed E-state index contributed by atoms with van der Waals surface area (Å²) in [6.07, 6.45) is 2.31. The summed E-state index contributed by atoms with van der Waals surface area (Å²) in [4.78, 5) is 3.92. The summed E-state index contributed by atoms with van der Waals surface area (Å²) in [7, 11) is 0. The van der Waals surface area contributed by atoms with E-state index in [-0.39, 0.29) is 12.6 Å². The average molecular weight is 191 g/mol. The van der Waals surface area contributed by atoms with E-state index >= 15 is 0 Å². The van der Waals surface area contributed by atoms with Crippen LogP contribution in [0.2, 0.25) is 0 Å². The van der Waals surface area contributed by atoms with E-state index in [1.165, 1.54) is 0 Å². The highest BCUT2D eigenvalue weighted by atomic mass is 16.3. The minimum absolute atomic E-state index is 0.165. The highest BCUT2D eigenvalue weighted by molar-refractivity contribution is 5.43. The number of nitrogens with one attached hydrogen (secondary N) is 1. The number of nitrogens with zero attached hydrogens (tertiary/aromatic N) is 2. The van der Waals surface area contributed by atoms with Gasteiger partial charge in [0.15, 0.2) is 0 Å². The summed E-state index contributed by atoms with van der Waals surface area (Å²) in [5.41, 5.74) is 1.27. The third kappa shape index (κ3) is 3.04. The quantitative estimate of drug-likeness (QED) is 0.748. The van der Waals surface area contributed by atoms with Crippen molar-refractivity contribution in [1.82, 2.24) is 4.98 Å². The largest absolute Gasteiger partial charge is 0.396 e. The van der Waals surface area contributed by atoms with Crippen molar-refractivity contribution in [3.05, 3.63) is 24.0 Å². The number of hydrogen-bond donors (Lipinski definition) is 2. The number of anilines is 1. The maximum absolute atomic E-state index is 8.70. The maximum Gasteiger partial charge on any atom is 0.140 e. The lowest BCUT2D eigenvalue weighted by Crippen LogP contribution is -2.16. The third-order valence-corrected chi connectivity index (χ3v) is 1.85. The Morgan fingerprint density at radius 1 is 1.64 bits per heavy atom. The Balaban J connectivity index is 2.56. The zero-order valence-electron chi connectivity index (χ0n) is 8.07. The van der Waals surface area contributed by atoms with Crippen molar-refractivity contribution in [2.45, 2.75) is 19.4 Å². The Kier molecular flexibility index (Phi) is 3.89. The van der Waals surface area contributed by atoms with Gasteiger partial charge in [0.1, 0.15) is 11.8 Å². The first-order chi connectivity index (χ1) is 6.76. The van der Waals surface area contributed by atoms with Gasteiger partial charge in [0.2, 0.25) is 0 Å². The van der Waals surface area contributed by atoms with Crippen molar-refractivity contribution < 1.29 is 5.11 Å². The van der Waals surface area contributed by atoms with E-state index in [2.05, 4.69) is 10.3 Å². The first kappa shape index (κ1) is 10.5. The van der Waals surface area contributed by atoms with E-state index in [4.69, 9.17) is 10.4 Å². The molecule has 1 aromatic rings. The lowest BCUT2D eigenvalue weighted by molar-refractivity contribution is 0.282. The number of aliphatic hydroxyl groups excluding tert-OH is 1. The fourth-order valence-corrected chi connectivity index (χ4v) is 1.10. The van der Waals surface area contributed by atoms with Crippen LogP contribution in [0.25, 0.3) is 0 Å². The molecule has 0 unspecified atom stereocenters. The first-order valence-electron chi connectivity index (χ1n) is 4.50. The highest BCUT2D eigenvalue weighted by Crippen LogP contribution is 2.08. The van der Waals surface area contributed by atoms with Crippen molar-refractivity contribution in [1.29, 1.82) is 5.26 Å². The van der Waals surface area contributed by atoms with Gasteiger partial charge in [-0.3, -0.25) is 0 Å². The molecule has 2 N–H and O–H groups in total. The maximum atomic E-state index is 8.70. The number of rotatable bonds is 4. The first-order valence-corrected chi connectivity index (χ1v) is 4.50. The van der Waals surface area contributed by atoms with E-state index in [0.29, 0.717) is 12.1 Å². The van der Waals surface area contributed by atoms with Crippen molar-refractivity contribution in [2.75, 3.05) is 11.9 Å². The Morgan fingerprint density at radius 3 is 2.93 bits per heavy atom. The summed E-state index contributed by atoms with van der Waals surface area (Å²) >= 11 is 0. The molecule has 74 valence electrons. The fourth-order valence-electron chi connectivity index (χ4n) is 1.10. The number of aromatic nitrogens is 1. The van der Waals surface area contributed by atoms with Crippen molar-refractivity contribution in [2.24, 2.45) is 0 Å². The van der Waals surface area contributed by atoms with Crippen LogP contribution in [0, 0.1) is 11.3 Å². The molecule has 1 aromatic heterocycles. The molecule has 0 fully saturated rings. The standard InChI is InChI=1S/C10H13N3O/c1-8(4-5-14)13-10-3-2-9(6-11)12-7-10/h2-3,7-8,13-14H,4-5H2,1H3/t8-/m1/s1.